The Bertz CT molecular complexity index is 335. The van der Waals surface area contributed by atoms with Crippen molar-refractivity contribution in [3.8, 4) is 0 Å². The number of halogens is 1. The van der Waals surface area contributed by atoms with E-state index < -0.39 is 11.6 Å². The third-order valence-electron chi connectivity index (χ3n) is 3.96. The minimum absolute atomic E-state index is 0.0974. The number of aliphatic carboxylic acids is 1. The van der Waals surface area contributed by atoms with Gasteiger partial charge in [-0.2, -0.15) is 0 Å². The summed E-state index contributed by atoms with van der Waals surface area (Å²) in [6.07, 6.45) is 4.44. The Kier molecular flexibility index (Phi) is 5.76. The van der Waals surface area contributed by atoms with E-state index in [9.17, 15) is 14.0 Å². The number of alkyl halides is 1. The first-order chi connectivity index (χ1) is 8.92. The second kappa shape index (κ2) is 6.87. The zero-order valence-corrected chi connectivity index (χ0v) is 11.8. The lowest BCUT2D eigenvalue weighted by atomic mass is 9.95. The van der Waals surface area contributed by atoms with Crippen molar-refractivity contribution in [3.05, 3.63) is 0 Å². The lowest BCUT2D eigenvalue weighted by Gasteiger charge is -2.21. The highest BCUT2D eigenvalue weighted by Crippen LogP contribution is 2.27. The first-order valence-electron chi connectivity index (χ1n) is 7.13. The fourth-order valence-corrected chi connectivity index (χ4v) is 2.48. The van der Waals surface area contributed by atoms with E-state index >= 15 is 0 Å². The number of nitrogens with zero attached hydrogens (tertiary/aromatic N) is 1. The van der Waals surface area contributed by atoms with Crippen molar-refractivity contribution in [2.75, 3.05) is 13.1 Å². The summed E-state index contributed by atoms with van der Waals surface area (Å²) in [6, 6.07) is 0. The number of amides is 1. The third kappa shape index (κ3) is 4.18. The lowest BCUT2D eigenvalue weighted by molar-refractivity contribution is -0.150. The number of hydrogen-bond donors (Lipinski definition) is 1. The molecule has 1 N–H and O–H groups in total. The number of unbranched alkanes of at least 4 members (excludes halogenated alkanes) is 1. The molecule has 5 heteroatoms. The summed E-state index contributed by atoms with van der Waals surface area (Å²) in [5, 5.41) is 8.80. The van der Waals surface area contributed by atoms with Crippen LogP contribution in [0.5, 0.6) is 0 Å². The highest BCUT2D eigenvalue weighted by molar-refractivity contribution is 5.82. The Morgan fingerprint density at radius 2 is 2.11 bits per heavy atom. The molecule has 1 rings (SSSR count). The van der Waals surface area contributed by atoms with Crippen LogP contribution in [0.3, 0.4) is 0 Å². The van der Waals surface area contributed by atoms with E-state index in [4.69, 9.17) is 5.11 Å². The fourth-order valence-electron chi connectivity index (χ4n) is 2.48. The van der Waals surface area contributed by atoms with Crippen molar-refractivity contribution in [1.82, 2.24) is 4.90 Å². The zero-order chi connectivity index (χ0) is 14.5. The van der Waals surface area contributed by atoms with Crippen LogP contribution in [0.2, 0.25) is 0 Å². The van der Waals surface area contributed by atoms with E-state index in [-0.39, 0.29) is 25.4 Å². The summed E-state index contributed by atoms with van der Waals surface area (Å²) in [4.78, 5) is 24.2. The monoisotopic (exact) mass is 273 g/mol. The Labute approximate surface area is 114 Å². The van der Waals surface area contributed by atoms with Gasteiger partial charge in [-0.15, -0.1) is 0 Å². The molecule has 1 amide bonds. The average molecular weight is 273 g/mol. The van der Waals surface area contributed by atoms with Gasteiger partial charge >= 0.3 is 5.97 Å². The van der Waals surface area contributed by atoms with Gasteiger partial charge in [0, 0.05) is 19.4 Å². The number of hydrogen-bond acceptors (Lipinski definition) is 2. The van der Waals surface area contributed by atoms with Crippen LogP contribution in [0.15, 0.2) is 0 Å². The highest BCUT2D eigenvalue weighted by Gasteiger charge is 2.46. The lowest BCUT2D eigenvalue weighted by Crippen LogP contribution is -2.39. The van der Waals surface area contributed by atoms with Gasteiger partial charge < -0.3 is 10.0 Å². The Morgan fingerprint density at radius 3 is 2.58 bits per heavy atom. The molecule has 110 valence electrons. The van der Waals surface area contributed by atoms with Crippen LogP contribution in [0, 0.1) is 5.92 Å². The minimum Gasteiger partial charge on any atom is -0.479 e. The van der Waals surface area contributed by atoms with Gasteiger partial charge in [0.1, 0.15) is 0 Å². The number of rotatable bonds is 7. The molecule has 19 heavy (non-hydrogen) atoms. The molecule has 0 radical (unpaired) electrons. The number of carbonyl (C=O) groups is 2. The van der Waals surface area contributed by atoms with E-state index in [1.807, 2.05) is 6.92 Å². The molecule has 1 fully saturated rings. The fraction of sp³-hybridized carbons (Fsp3) is 0.857. The van der Waals surface area contributed by atoms with E-state index in [0.717, 1.165) is 25.7 Å². The maximum atomic E-state index is 13.9. The van der Waals surface area contributed by atoms with Gasteiger partial charge in [0.15, 0.2) is 0 Å². The van der Waals surface area contributed by atoms with Crippen LogP contribution in [0.25, 0.3) is 0 Å². The molecule has 1 saturated heterocycles. The Balaban J connectivity index is 2.48. The van der Waals surface area contributed by atoms with Crippen molar-refractivity contribution in [2.45, 2.75) is 58.0 Å². The SMILES string of the molecule is CCCCC(CC)CC(=O)N1CCC(F)(C(=O)O)C1. The van der Waals surface area contributed by atoms with Crippen molar-refractivity contribution in [3.63, 3.8) is 0 Å². The van der Waals surface area contributed by atoms with Gasteiger partial charge in [-0.05, 0) is 12.3 Å². The molecule has 0 spiro atoms. The predicted molar refractivity (Wildman–Crippen MR) is 70.6 cm³/mol. The van der Waals surface area contributed by atoms with Gasteiger partial charge in [-0.1, -0.05) is 33.1 Å². The summed E-state index contributed by atoms with van der Waals surface area (Å²) in [5.41, 5.74) is -2.25. The summed E-state index contributed by atoms with van der Waals surface area (Å²) in [6.45, 7) is 4.07. The Hall–Kier alpha value is -1.13. The maximum Gasteiger partial charge on any atom is 0.343 e. The van der Waals surface area contributed by atoms with Crippen molar-refractivity contribution in [1.29, 1.82) is 0 Å². The smallest absolute Gasteiger partial charge is 0.343 e. The van der Waals surface area contributed by atoms with Crippen molar-refractivity contribution < 1.29 is 19.1 Å². The molecule has 2 atom stereocenters. The summed E-state index contributed by atoms with van der Waals surface area (Å²) in [7, 11) is 0. The molecule has 0 aliphatic carbocycles. The molecular weight excluding hydrogens is 249 g/mol. The Morgan fingerprint density at radius 1 is 1.42 bits per heavy atom. The topological polar surface area (TPSA) is 57.6 Å². The van der Waals surface area contributed by atoms with Crippen LogP contribution >= 0.6 is 0 Å². The zero-order valence-electron chi connectivity index (χ0n) is 11.8. The van der Waals surface area contributed by atoms with E-state index in [1.54, 1.807) is 0 Å². The molecule has 1 heterocycles. The minimum atomic E-state index is -2.25. The summed E-state index contributed by atoms with van der Waals surface area (Å²) < 4.78 is 13.9. The van der Waals surface area contributed by atoms with Crippen LogP contribution in [-0.4, -0.2) is 40.6 Å². The summed E-state index contributed by atoms with van der Waals surface area (Å²) >= 11 is 0. The van der Waals surface area contributed by atoms with Gasteiger partial charge in [-0.25, -0.2) is 9.18 Å². The molecule has 0 aromatic heterocycles. The highest BCUT2D eigenvalue weighted by atomic mass is 19.1. The van der Waals surface area contributed by atoms with E-state index in [2.05, 4.69) is 6.92 Å². The third-order valence-corrected chi connectivity index (χ3v) is 3.96. The molecule has 2 unspecified atom stereocenters. The van der Waals surface area contributed by atoms with Crippen molar-refractivity contribution in [2.24, 2.45) is 5.92 Å². The van der Waals surface area contributed by atoms with Gasteiger partial charge in [0.2, 0.25) is 11.6 Å². The quantitative estimate of drug-likeness (QED) is 0.775. The van der Waals surface area contributed by atoms with Crippen LogP contribution in [-0.2, 0) is 9.59 Å². The molecule has 0 bridgehead atoms. The van der Waals surface area contributed by atoms with Gasteiger partial charge in [0.05, 0.1) is 6.54 Å². The molecule has 0 aromatic carbocycles. The predicted octanol–water partition coefficient (Wildman–Crippen LogP) is 2.62. The first kappa shape index (κ1) is 15.9. The standard InChI is InChI=1S/C14H24FNO3/c1-3-5-6-11(4-2)9-12(17)16-8-7-14(15,10-16)13(18)19/h11H,3-10H2,1-2H3,(H,18,19). The van der Waals surface area contributed by atoms with E-state index in [1.165, 1.54) is 4.90 Å². The van der Waals surface area contributed by atoms with E-state index in [0.29, 0.717) is 12.3 Å². The molecule has 0 saturated carbocycles. The van der Waals surface area contributed by atoms with Crippen LogP contribution in [0.4, 0.5) is 4.39 Å². The van der Waals surface area contributed by atoms with Crippen LogP contribution in [0.1, 0.15) is 52.4 Å². The molecular formula is C14H24FNO3. The number of likely N-dealkylation sites (tertiary alicyclic amines) is 1. The largest absolute Gasteiger partial charge is 0.479 e. The second-order valence-electron chi connectivity index (χ2n) is 5.46. The molecule has 4 nitrogen and oxygen atoms in total. The van der Waals surface area contributed by atoms with Gasteiger partial charge in [0.25, 0.3) is 0 Å². The number of carboxylic acid groups (broad SMARTS) is 1. The second-order valence-corrected chi connectivity index (χ2v) is 5.46. The van der Waals surface area contributed by atoms with Crippen LogP contribution < -0.4 is 0 Å². The molecule has 1 aliphatic rings. The number of carbonyl (C=O) groups excluding carboxylic acids is 1. The average Bonchev–Trinajstić information content (AvgIpc) is 2.78. The number of carboxylic acids is 1. The van der Waals surface area contributed by atoms with Crippen molar-refractivity contribution >= 4 is 11.9 Å². The summed E-state index contributed by atoms with van der Waals surface area (Å²) in [5.74, 6) is -1.24. The molecule has 0 aromatic rings. The van der Waals surface area contributed by atoms with Gasteiger partial charge in [-0.3, -0.25) is 4.79 Å². The maximum absolute atomic E-state index is 13.9. The first-order valence-corrected chi connectivity index (χ1v) is 7.13. The molecule has 1 aliphatic heterocycles. The normalized spacial score (nSPS) is 24.5.